The van der Waals surface area contributed by atoms with Crippen LogP contribution in [0.4, 0.5) is 13.2 Å². The monoisotopic (exact) mass is 216 g/mol. The molecule has 0 spiro atoms. The fourth-order valence-electron chi connectivity index (χ4n) is 0.545. The molecular formula is C4ClF3N2OS. The van der Waals surface area contributed by atoms with Gasteiger partial charge in [0.2, 0.25) is 5.29 Å². The zero-order valence-electron chi connectivity index (χ0n) is 5.22. The second-order valence-electron chi connectivity index (χ2n) is 1.73. The maximum atomic E-state index is 11.9. The van der Waals surface area contributed by atoms with E-state index < -0.39 is 22.2 Å². The lowest BCUT2D eigenvalue weighted by molar-refractivity contribution is -0.0563. The molecule has 0 fully saturated rings. The first-order valence-corrected chi connectivity index (χ1v) is 3.64. The van der Waals surface area contributed by atoms with Gasteiger partial charge >= 0.3 is 6.18 Å². The molecule has 0 N–H and O–H groups in total. The van der Waals surface area contributed by atoms with E-state index >= 15 is 0 Å². The van der Waals surface area contributed by atoms with Crippen molar-refractivity contribution in [2.45, 2.75) is 6.18 Å². The number of aliphatic imine (C=N–C) groups is 2. The summed E-state index contributed by atoms with van der Waals surface area (Å²) >= 11 is 4.69. The molecule has 0 saturated carbocycles. The van der Waals surface area contributed by atoms with Crippen LogP contribution in [0.2, 0.25) is 0 Å². The molecule has 1 aliphatic rings. The maximum Gasteiger partial charge on any atom is 0.436 e. The molecule has 0 amide bonds. The predicted octanol–water partition coefficient (Wildman–Crippen LogP) is 0.941. The summed E-state index contributed by atoms with van der Waals surface area (Å²) in [5, 5.41) is -0.569. The lowest BCUT2D eigenvalue weighted by Crippen LogP contribution is -2.27. The highest BCUT2D eigenvalue weighted by Gasteiger charge is 2.41. The first-order chi connectivity index (χ1) is 5.45. The van der Waals surface area contributed by atoms with Gasteiger partial charge in [0.25, 0.3) is 0 Å². The number of amidine groups is 1. The first-order valence-electron chi connectivity index (χ1n) is 2.52. The molecule has 0 aromatic carbocycles. The molecule has 12 heavy (non-hydrogen) atoms. The highest BCUT2D eigenvalue weighted by Crippen LogP contribution is 2.21. The first kappa shape index (κ1) is 9.40. The average molecular weight is 217 g/mol. The van der Waals surface area contributed by atoms with Crippen LogP contribution < -0.4 is 0 Å². The van der Waals surface area contributed by atoms with E-state index in [0.29, 0.717) is 0 Å². The van der Waals surface area contributed by atoms with Crippen molar-refractivity contribution in [1.29, 1.82) is 0 Å². The van der Waals surface area contributed by atoms with Gasteiger partial charge in [-0.05, 0) is 11.6 Å². The van der Waals surface area contributed by atoms with Gasteiger partial charge in [0.1, 0.15) is 11.3 Å². The minimum atomic E-state index is -4.67. The van der Waals surface area contributed by atoms with E-state index in [9.17, 15) is 17.4 Å². The van der Waals surface area contributed by atoms with E-state index in [2.05, 4.69) is 9.98 Å². The number of hydrogen-bond acceptors (Lipinski definition) is 2. The Bertz CT molecular complexity index is 328. The topological polar surface area (TPSA) is 41.8 Å². The van der Waals surface area contributed by atoms with Gasteiger partial charge in [0.05, 0.1) is 0 Å². The summed E-state index contributed by atoms with van der Waals surface area (Å²) in [5.41, 5.74) is -1.33. The summed E-state index contributed by atoms with van der Waals surface area (Å²) in [6, 6.07) is 0. The fourth-order valence-corrected chi connectivity index (χ4v) is 1.13. The van der Waals surface area contributed by atoms with E-state index in [1.54, 1.807) is 0 Å². The zero-order valence-corrected chi connectivity index (χ0v) is 6.80. The van der Waals surface area contributed by atoms with Crippen molar-refractivity contribution in [2.24, 2.45) is 9.98 Å². The second-order valence-corrected chi connectivity index (χ2v) is 2.62. The molecule has 1 aliphatic heterocycles. The van der Waals surface area contributed by atoms with Crippen LogP contribution in [-0.4, -0.2) is 26.4 Å². The van der Waals surface area contributed by atoms with Crippen molar-refractivity contribution in [3.05, 3.63) is 0 Å². The summed E-state index contributed by atoms with van der Waals surface area (Å²) in [7, 11) is 0. The maximum absolute atomic E-state index is 11.9. The van der Waals surface area contributed by atoms with Gasteiger partial charge in [0.15, 0.2) is 10.7 Å². The Morgan fingerprint density at radius 1 is 1.33 bits per heavy atom. The number of alkyl halides is 3. The molecule has 66 valence electrons. The van der Waals surface area contributed by atoms with Gasteiger partial charge in [-0.15, -0.1) is 0 Å². The van der Waals surface area contributed by atoms with Crippen molar-refractivity contribution >= 4 is 38.9 Å². The van der Waals surface area contributed by atoms with Gasteiger partial charge in [0, 0.05) is 0 Å². The highest BCUT2D eigenvalue weighted by molar-refractivity contribution is 7.68. The van der Waals surface area contributed by atoms with Crippen molar-refractivity contribution < 1.29 is 17.4 Å². The zero-order chi connectivity index (χ0) is 9.35. The van der Waals surface area contributed by atoms with Gasteiger partial charge in [-0.2, -0.15) is 13.2 Å². The second kappa shape index (κ2) is 2.98. The third kappa shape index (κ3) is 1.72. The van der Waals surface area contributed by atoms with Gasteiger partial charge in [-0.3, -0.25) is 0 Å². The van der Waals surface area contributed by atoms with E-state index in [4.69, 9.17) is 11.6 Å². The molecule has 1 rings (SSSR count). The van der Waals surface area contributed by atoms with Gasteiger partial charge in [-0.1, -0.05) is 0 Å². The lowest BCUT2D eigenvalue weighted by atomic mass is 10.4. The predicted molar refractivity (Wildman–Crippen MR) is 39.9 cm³/mol. The van der Waals surface area contributed by atoms with Crippen LogP contribution in [0.3, 0.4) is 0 Å². The third-order valence-electron chi connectivity index (χ3n) is 0.948. The summed E-state index contributed by atoms with van der Waals surface area (Å²) in [6.07, 6.45) is -4.67. The van der Waals surface area contributed by atoms with Crippen LogP contribution in [-0.2, 0) is 11.3 Å². The molecule has 3 nitrogen and oxygen atoms in total. The molecule has 0 aromatic heterocycles. The van der Waals surface area contributed by atoms with Crippen LogP contribution in [0.5, 0.6) is 0 Å². The molecule has 1 heterocycles. The Hall–Kier alpha value is -0.690. The molecule has 0 atom stereocenters. The van der Waals surface area contributed by atoms with Crippen LogP contribution in [0, 0.1) is 0 Å². The third-order valence-corrected chi connectivity index (χ3v) is 1.56. The van der Waals surface area contributed by atoms with Crippen LogP contribution in [0.1, 0.15) is 0 Å². The molecule has 0 saturated heterocycles. The quantitative estimate of drug-likeness (QED) is 0.439. The molecule has 8 heteroatoms. The molecule has 0 bridgehead atoms. The minimum absolute atomic E-state index is 0.385. The van der Waals surface area contributed by atoms with Crippen molar-refractivity contribution in [1.82, 2.24) is 0 Å². The van der Waals surface area contributed by atoms with Crippen molar-refractivity contribution in [3.8, 4) is 0 Å². The molecule has 0 radical (unpaired) electrons. The standard InChI is InChI=1S/C4ClF3N2OS/c5-3-9-1(4(6,7)8)2(10-3)12-11. The molecule has 0 aromatic rings. The Kier molecular flexibility index (Phi) is 2.34. The number of rotatable bonds is 0. The number of hydrogen-bond donors (Lipinski definition) is 0. The lowest BCUT2D eigenvalue weighted by Gasteiger charge is -2.02. The number of nitrogens with zero attached hydrogens (tertiary/aromatic N) is 2. The Morgan fingerprint density at radius 2 is 1.92 bits per heavy atom. The molecule has 0 aliphatic carbocycles. The summed E-state index contributed by atoms with van der Waals surface area (Å²) < 4.78 is 45.9. The van der Waals surface area contributed by atoms with Gasteiger partial charge < -0.3 is 0 Å². The molecular weight excluding hydrogens is 217 g/mol. The van der Waals surface area contributed by atoms with Crippen molar-refractivity contribution in [3.63, 3.8) is 0 Å². The van der Waals surface area contributed by atoms with Crippen LogP contribution >= 0.6 is 11.6 Å². The Labute approximate surface area is 73.0 Å². The van der Waals surface area contributed by atoms with E-state index in [1.807, 2.05) is 0 Å². The SMILES string of the molecule is O=S=C1N=C(Cl)N=C1C(F)(F)F. The Morgan fingerprint density at radius 3 is 2.25 bits per heavy atom. The summed E-state index contributed by atoms with van der Waals surface area (Å²) in [6.45, 7) is 0. The van der Waals surface area contributed by atoms with E-state index in [-0.39, 0.29) is 11.3 Å². The molecule has 0 unspecified atom stereocenters. The largest absolute Gasteiger partial charge is 0.436 e. The normalized spacial score (nSPS) is 17.5. The van der Waals surface area contributed by atoms with Crippen LogP contribution in [0.15, 0.2) is 9.98 Å². The minimum Gasteiger partial charge on any atom is -0.210 e. The fraction of sp³-hybridized carbons (Fsp3) is 0.250. The smallest absolute Gasteiger partial charge is 0.210 e. The Balaban J connectivity index is 3.13. The highest BCUT2D eigenvalue weighted by atomic mass is 35.5. The average Bonchev–Trinajstić information content (AvgIpc) is 2.29. The van der Waals surface area contributed by atoms with Crippen LogP contribution in [0.25, 0.3) is 0 Å². The van der Waals surface area contributed by atoms with E-state index in [1.165, 1.54) is 0 Å². The van der Waals surface area contributed by atoms with E-state index in [0.717, 1.165) is 0 Å². The van der Waals surface area contributed by atoms with Crippen molar-refractivity contribution in [2.75, 3.05) is 0 Å². The number of halogens is 4. The summed E-state index contributed by atoms with van der Waals surface area (Å²) in [4.78, 5) is 5.20. The summed E-state index contributed by atoms with van der Waals surface area (Å²) in [5.74, 6) is 0. The van der Waals surface area contributed by atoms with Gasteiger partial charge in [-0.25, -0.2) is 14.2 Å².